The molecule has 3 aromatic rings. The minimum atomic E-state index is -0.247. The van der Waals surface area contributed by atoms with Crippen molar-refractivity contribution in [3.05, 3.63) is 42.7 Å². The van der Waals surface area contributed by atoms with Crippen molar-refractivity contribution < 1.29 is 19.0 Å². The van der Waals surface area contributed by atoms with E-state index in [2.05, 4.69) is 20.7 Å². The highest BCUT2D eigenvalue weighted by atomic mass is 16.5. The zero-order valence-corrected chi connectivity index (χ0v) is 18.3. The van der Waals surface area contributed by atoms with E-state index in [1.165, 1.54) is 19.2 Å². The van der Waals surface area contributed by atoms with E-state index in [-0.39, 0.29) is 6.03 Å². The van der Waals surface area contributed by atoms with Crippen LogP contribution >= 0.6 is 0 Å². The van der Waals surface area contributed by atoms with Crippen molar-refractivity contribution in [2.45, 2.75) is 25.7 Å². The summed E-state index contributed by atoms with van der Waals surface area (Å²) in [5, 5.41) is 5.53. The standard InChI is InChI=1S/C23H27N5O4/c1-30-20-13-18-19(14-21(20)31-2)24-15-25-22(18)32-17-9-7-16(8-10-17)26-23(29)27-28-11-5-3-4-6-12-28/h7-10,13-15H,3-6,11-12H2,1-2H3,(H2,26,27,29). The van der Waals surface area contributed by atoms with Gasteiger partial charge in [0.15, 0.2) is 11.5 Å². The van der Waals surface area contributed by atoms with Gasteiger partial charge in [0.05, 0.1) is 25.1 Å². The Morgan fingerprint density at radius 2 is 1.62 bits per heavy atom. The van der Waals surface area contributed by atoms with E-state index in [1.54, 1.807) is 50.6 Å². The Morgan fingerprint density at radius 1 is 0.938 bits per heavy atom. The number of nitrogens with zero attached hydrogens (tertiary/aromatic N) is 3. The van der Waals surface area contributed by atoms with Crippen molar-refractivity contribution in [1.29, 1.82) is 0 Å². The number of hydrogen-bond donors (Lipinski definition) is 2. The molecule has 1 saturated heterocycles. The molecular formula is C23H27N5O4. The number of anilines is 1. The van der Waals surface area contributed by atoms with Gasteiger partial charge >= 0.3 is 6.03 Å². The number of carbonyl (C=O) groups excluding carboxylic acids is 1. The Bertz CT molecular complexity index is 1070. The number of amides is 2. The first-order chi connectivity index (χ1) is 15.7. The molecule has 1 aliphatic heterocycles. The number of fused-ring (bicyclic) bond motifs is 1. The molecule has 0 bridgehead atoms. The average Bonchev–Trinajstić information content (AvgIpc) is 3.08. The monoisotopic (exact) mass is 437 g/mol. The predicted octanol–water partition coefficient (Wildman–Crippen LogP) is 4.35. The first kappa shape index (κ1) is 21.6. The summed E-state index contributed by atoms with van der Waals surface area (Å²) in [4.78, 5) is 20.8. The molecule has 1 aromatic heterocycles. The SMILES string of the molecule is COc1cc2ncnc(Oc3ccc(NC(=O)NN4CCCCCC4)cc3)c2cc1OC. The molecule has 1 fully saturated rings. The second-order valence-electron chi connectivity index (χ2n) is 7.50. The van der Waals surface area contributed by atoms with Crippen molar-refractivity contribution in [3.8, 4) is 23.1 Å². The van der Waals surface area contributed by atoms with Crippen LogP contribution in [0.5, 0.6) is 23.1 Å². The third-order valence-corrected chi connectivity index (χ3v) is 5.30. The molecule has 4 rings (SSSR count). The van der Waals surface area contributed by atoms with Crippen LogP contribution in [0.25, 0.3) is 10.9 Å². The van der Waals surface area contributed by atoms with E-state index < -0.39 is 0 Å². The van der Waals surface area contributed by atoms with E-state index in [1.807, 2.05) is 5.01 Å². The lowest BCUT2D eigenvalue weighted by Gasteiger charge is -2.21. The number of aromatic nitrogens is 2. The number of ether oxygens (including phenoxy) is 3. The summed E-state index contributed by atoms with van der Waals surface area (Å²) in [6.45, 7) is 1.76. The van der Waals surface area contributed by atoms with E-state index in [9.17, 15) is 4.79 Å². The lowest BCUT2D eigenvalue weighted by Crippen LogP contribution is -2.44. The Labute approximate surface area is 186 Å². The van der Waals surface area contributed by atoms with Crippen LogP contribution in [-0.4, -0.2) is 48.3 Å². The molecule has 168 valence electrons. The fourth-order valence-electron chi connectivity index (χ4n) is 3.64. The molecule has 0 unspecified atom stereocenters. The fourth-order valence-corrected chi connectivity index (χ4v) is 3.64. The lowest BCUT2D eigenvalue weighted by molar-refractivity contribution is 0.190. The van der Waals surface area contributed by atoms with Crippen LogP contribution in [0.4, 0.5) is 10.5 Å². The molecule has 32 heavy (non-hydrogen) atoms. The smallest absolute Gasteiger partial charge is 0.333 e. The van der Waals surface area contributed by atoms with Crippen molar-refractivity contribution in [2.24, 2.45) is 0 Å². The quantitative estimate of drug-likeness (QED) is 0.591. The summed E-state index contributed by atoms with van der Waals surface area (Å²) in [7, 11) is 3.15. The molecule has 0 spiro atoms. The van der Waals surface area contributed by atoms with Crippen LogP contribution in [0.1, 0.15) is 25.7 Å². The van der Waals surface area contributed by atoms with Gasteiger partial charge in [-0.2, -0.15) is 0 Å². The maximum atomic E-state index is 12.3. The number of benzene rings is 2. The van der Waals surface area contributed by atoms with Crippen LogP contribution in [0, 0.1) is 0 Å². The second kappa shape index (κ2) is 10.1. The van der Waals surface area contributed by atoms with Crippen LogP contribution in [0.3, 0.4) is 0 Å². The minimum absolute atomic E-state index is 0.247. The summed E-state index contributed by atoms with van der Waals surface area (Å²) in [5.41, 5.74) is 4.26. The molecule has 0 atom stereocenters. The van der Waals surface area contributed by atoms with Crippen molar-refractivity contribution in [1.82, 2.24) is 20.4 Å². The molecule has 0 radical (unpaired) electrons. The molecule has 0 aliphatic carbocycles. The molecular weight excluding hydrogens is 410 g/mol. The highest BCUT2D eigenvalue weighted by Crippen LogP contribution is 2.35. The van der Waals surface area contributed by atoms with Crippen molar-refractivity contribution in [2.75, 3.05) is 32.6 Å². The second-order valence-corrected chi connectivity index (χ2v) is 7.50. The maximum Gasteiger partial charge on any atom is 0.333 e. The van der Waals surface area contributed by atoms with Gasteiger partial charge in [-0.05, 0) is 43.2 Å². The molecule has 0 saturated carbocycles. The fraction of sp³-hybridized carbons (Fsp3) is 0.348. The van der Waals surface area contributed by atoms with Gasteiger partial charge < -0.3 is 19.5 Å². The minimum Gasteiger partial charge on any atom is -0.493 e. The number of nitrogens with one attached hydrogen (secondary N) is 2. The number of rotatable bonds is 6. The zero-order chi connectivity index (χ0) is 22.3. The Kier molecular flexibility index (Phi) is 6.86. The Morgan fingerprint density at radius 3 is 2.31 bits per heavy atom. The van der Waals surface area contributed by atoms with Gasteiger partial charge in [-0.3, -0.25) is 5.43 Å². The first-order valence-electron chi connectivity index (χ1n) is 10.6. The van der Waals surface area contributed by atoms with Gasteiger partial charge in [-0.1, -0.05) is 12.8 Å². The van der Waals surface area contributed by atoms with Crippen LogP contribution in [-0.2, 0) is 0 Å². The largest absolute Gasteiger partial charge is 0.493 e. The van der Waals surface area contributed by atoms with Gasteiger partial charge in [0.1, 0.15) is 12.1 Å². The summed E-state index contributed by atoms with van der Waals surface area (Å²) < 4.78 is 16.7. The summed E-state index contributed by atoms with van der Waals surface area (Å²) >= 11 is 0. The summed E-state index contributed by atoms with van der Waals surface area (Å²) in [6.07, 6.45) is 6.06. The first-order valence-corrected chi connectivity index (χ1v) is 10.6. The maximum absolute atomic E-state index is 12.3. The molecule has 9 nitrogen and oxygen atoms in total. The van der Waals surface area contributed by atoms with Gasteiger partial charge in [0.25, 0.3) is 0 Å². The van der Waals surface area contributed by atoms with Crippen LogP contribution in [0.15, 0.2) is 42.7 Å². The highest BCUT2D eigenvalue weighted by Gasteiger charge is 2.14. The van der Waals surface area contributed by atoms with Crippen molar-refractivity contribution >= 4 is 22.6 Å². The topological polar surface area (TPSA) is 97.8 Å². The number of urea groups is 1. The van der Waals surface area contributed by atoms with Crippen molar-refractivity contribution in [3.63, 3.8) is 0 Å². The number of carbonyl (C=O) groups is 1. The molecule has 9 heteroatoms. The van der Waals surface area contributed by atoms with E-state index >= 15 is 0 Å². The molecule has 1 aliphatic rings. The normalized spacial score (nSPS) is 14.4. The van der Waals surface area contributed by atoms with Gasteiger partial charge in [0.2, 0.25) is 5.88 Å². The Balaban J connectivity index is 1.43. The van der Waals surface area contributed by atoms with E-state index in [0.29, 0.717) is 39.7 Å². The third-order valence-electron chi connectivity index (χ3n) is 5.30. The van der Waals surface area contributed by atoms with E-state index in [4.69, 9.17) is 14.2 Å². The summed E-state index contributed by atoms with van der Waals surface area (Å²) in [5.74, 6) is 2.13. The molecule has 2 amide bonds. The van der Waals surface area contributed by atoms with Gasteiger partial charge in [0, 0.05) is 24.8 Å². The number of hydrogen-bond acceptors (Lipinski definition) is 7. The zero-order valence-electron chi connectivity index (χ0n) is 18.3. The van der Waals surface area contributed by atoms with Crippen LogP contribution in [0.2, 0.25) is 0 Å². The summed E-state index contributed by atoms with van der Waals surface area (Å²) in [6, 6.07) is 10.4. The predicted molar refractivity (Wildman–Crippen MR) is 121 cm³/mol. The molecule has 2 N–H and O–H groups in total. The van der Waals surface area contributed by atoms with Gasteiger partial charge in [-0.15, -0.1) is 0 Å². The number of hydrazine groups is 1. The number of methoxy groups -OCH3 is 2. The average molecular weight is 438 g/mol. The van der Waals surface area contributed by atoms with Gasteiger partial charge in [-0.25, -0.2) is 19.8 Å². The third kappa shape index (κ3) is 5.17. The highest BCUT2D eigenvalue weighted by molar-refractivity contribution is 5.89. The van der Waals surface area contributed by atoms with E-state index in [0.717, 1.165) is 25.9 Å². The lowest BCUT2D eigenvalue weighted by atomic mass is 10.2. The molecule has 2 heterocycles. The Hall–Kier alpha value is -3.59. The molecule has 2 aromatic carbocycles. The van der Waals surface area contributed by atoms with Crippen LogP contribution < -0.4 is 25.0 Å².